The van der Waals surface area contributed by atoms with Gasteiger partial charge in [0.25, 0.3) is 0 Å². The number of amides is 2. The summed E-state index contributed by atoms with van der Waals surface area (Å²) in [4.78, 5) is 38.6. The number of allylic oxidation sites excluding steroid dienone is 2. The standard InChI is InChI=1S/C28H34N2O5/c1-20(18-31)29-26(32)17-23-14-8-9-15-24(16-21-10-4-2-5-11-21)28(34)35-19-25(30-27(23)33)22-12-6-3-7-13-22/h2-13,20,23-25,31H,14-19H2,1H3,(H,29,32)(H,30,33)/t20-,23-,24+,25-/m1/s1. The number of cyclic esters (lactones) is 1. The molecule has 0 saturated heterocycles. The van der Waals surface area contributed by atoms with Gasteiger partial charge in [-0.3, -0.25) is 14.4 Å². The van der Waals surface area contributed by atoms with Gasteiger partial charge in [-0.15, -0.1) is 0 Å². The Morgan fingerprint density at radius 2 is 1.66 bits per heavy atom. The molecule has 35 heavy (non-hydrogen) atoms. The molecule has 1 aliphatic heterocycles. The van der Waals surface area contributed by atoms with Crippen LogP contribution in [0.4, 0.5) is 0 Å². The van der Waals surface area contributed by atoms with Gasteiger partial charge in [0.05, 0.1) is 24.5 Å². The van der Waals surface area contributed by atoms with Crippen LogP contribution in [-0.2, 0) is 25.5 Å². The van der Waals surface area contributed by atoms with Crippen LogP contribution in [0.15, 0.2) is 72.8 Å². The summed E-state index contributed by atoms with van der Waals surface area (Å²) >= 11 is 0. The van der Waals surface area contributed by atoms with Crippen LogP contribution in [0.25, 0.3) is 0 Å². The summed E-state index contributed by atoms with van der Waals surface area (Å²) in [5.74, 6) is -1.83. The Labute approximate surface area is 206 Å². The Morgan fingerprint density at radius 1 is 1.03 bits per heavy atom. The number of aliphatic hydroxyl groups excluding tert-OH is 1. The zero-order valence-corrected chi connectivity index (χ0v) is 20.1. The molecular weight excluding hydrogens is 444 g/mol. The van der Waals surface area contributed by atoms with E-state index in [9.17, 15) is 19.5 Å². The van der Waals surface area contributed by atoms with Gasteiger partial charge in [-0.2, -0.15) is 0 Å². The second kappa shape index (κ2) is 13.4. The first-order chi connectivity index (χ1) is 17.0. The third-order valence-corrected chi connectivity index (χ3v) is 6.06. The Kier molecular flexibility index (Phi) is 10.0. The first-order valence-electron chi connectivity index (χ1n) is 12.1. The van der Waals surface area contributed by atoms with Crippen molar-refractivity contribution in [3.63, 3.8) is 0 Å². The highest BCUT2D eigenvalue weighted by atomic mass is 16.5. The van der Waals surface area contributed by atoms with Gasteiger partial charge in [0.2, 0.25) is 11.8 Å². The van der Waals surface area contributed by atoms with Crippen molar-refractivity contribution in [3.05, 3.63) is 83.9 Å². The van der Waals surface area contributed by atoms with Gasteiger partial charge in [0.1, 0.15) is 6.61 Å². The quantitative estimate of drug-likeness (QED) is 0.419. The molecule has 0 saturated carbocycles. The fourth-order valence-corrected chi connectivity index (χ4v) is 4.05. The second-order valence-corrected chi connectivity index (χ2v) is 8.98. The predicted octanol–water partition coefficient (Wildman–Crippen LogP) is 3.10. The summed E-state index contributed by atoms with van der Waals surface area (Å²) in [6.07, 6.45) is 5.14. The first kappa shape index (κ1) is 26.2. The van der Waals surface area contributed by atoms with E-state index < -0.39 is 12.0 Å². The van der Waals surface area contributed by atoms with E-state index in [1.54, 1.807) is 6.92 Å². The fourth-order valence-electron chi connectivity index (χ4n) is 4.05. The zero-order valence-electron chi connectivity index (χ0n) is 20.1. The first-order valence-corrected chi connectivity index (χ1v) is 12.1. The monoisotopic (exact) mass is 478 g/mol. The van der Waals surface area contributed by atoms with Gasteiger partial charge in [0.15, 0.2) is 0 Å². The molecule has 3 rings (SSSR count). The third-order valence-electron chi connectivity index (χ3n) is 6.06. The molecule has 0 aliphatic carbocycles. The van der Waals surface area contributed by atoms with Crippen molar-refractivity contribution >= 4 is 17.8 Å². The van der Waals surface area contributed by atoms with E-state index in [0.29, 0.717) is 19.3 Å². The second-order valence-electron chi connectivity index (χ2n) is 8.98. The van der Waals surface area contributed by atoms with Crippen molar-refractivity contribution in [1.82, 2.24) is 10.6 Å². The summed E-state index contributed by atoms with van der Waals surface area (Å²) in [5.41, 5.74) is 1.87. The Hall–Kier alpha value is -3.45. The number of benzene rings is 2. The van der Waals surface area contributed by atoms with Gasteiger partial charge in [-0.25, -0.2) is 0 Å². The summed E-state index contributed by atoms with van der Waals surface area (Å²) in [6, 6.07) is 18.2. The van der Waals surface area contributed by atoms with Crippen LogP contribution in [0, 0.1) is 11.8 Å². The molecule has 3 N–H and O–H groups in total. The summed E-state index contributed by atoms with van der Waals surface area (Å²) in [5, 5.41) is 14.9. The van der Waals surface area contributed by atoms with Crippen LogP contribution in [0.1, 0.15) is 43.4 Å². The lowest BCUT2D eigenvalue weighted by atomic mass is 9.94. The molecule has 0 fully saturated rings. The van der Waals surface area contributed by atoms with Crippen LogP contribution in [0.5, 0.6) is 0 Å². The van der Waals surface area contributed by atoms with Gasteiger partial charge < -0.3 is 20.5 Å². The van der Waals surface area contributed by atoms with E-state index in [1.807, 2.05) is 72.8 Å². The Bertz CT molecular complexity index is 993. The van der Waals surface area contributed by atoms with Crippen molar-refractivity contribution in [3.8, 4) is 0 Å². The molecule has 2 aromatic rings. The molecule has 4 atom stereocenters. The number of ether oxygens (including phenoxy) is 1. The number of hydrogen-bond acceptors (Lipinski definition) is 5. The molecule has 7 nitrogen and oxygen atoms in total. The summed E-state index contributed by atoms with van der Waals surface area (Å²) in [7, 11) is 0. The number of aliphatic hydroxyl groups is 1. The van der Waals surface area contributed by atoms with Gasteiger partial charge in [0, 0.05) is 12.5 Å². The highest BCUT2D eigenvalue weighted by Gasteiger charge is 2.27. The van der Waals surface area contributed by atoms with Crippen molar-refractivity contribution in [2.45, 2.75) is 44.7 Å². The number of carbonyl (C=O) groups excluding carboxylic acids is 3. The molecule has 186 valence electrons. The number of hydrogen-bond donors (Lipinski definition) is 3. The largest absolute Gasteiger partial charge is 0.463 e. The summed E-state index contributed by atoms with van der Waals surface area (Å²) in [6.45, 7) is 1.53. The van der Waals surface area contributed by atoms with Crippen LogP contribution < -0.4 is 10.6 Å². The van der Waals surface area contributed by atoms with E-state index >= 15 is 0 Å². The Balaban J connectivity index is 1.81. The minimum absolute atomic E-state index is 0.00402. The minimum Gasteiger partial charge on any atom is -0.463 e. The lowest BCUT2D eigenvalue weighted by Crippen LogP contribution is -2.41. The third kappa shape index (κ3) is 8.37. The van der Waals surface area contributed by atoms with Crippen LogP contribution in [0.2, 0.25) is 0 Å². The van der Waals surface area contributed by atoms with Crippen LogP contribution >= 0.6 is 0 Å². The topological polar surface area (TPSA) is 105 Å². The van der Waals surface area contributed by atoms with E-state index in [4.69, 9.17) is 4.74 Å². The SMILES string of the molecule is C[C@H](CO)NC(=O)C[C@H]1CC=CC[C@@H](Cc2ccccc2)C(=O)OC[C@H](c2ccccc2)NC1=O. The molecular formula is C28H34N2O5. The lowest BCUT2D eigenvalue weighted by Gasteiger charge is -2.24. The number of carbonyl (C=O) groups is 3. The molecule has 0 radical (unpaired) electrons. The molecule has 1 heterocycles. The minimum atomic E-state index is -0.592. The molecule has 2 aromatic carbocycles. The van der Waals surface area contributed by atoms with Crippen molar-refractivity contribution in [2.24, 2.45) is 11.8 Å². The van der Waals surface area contributed by atoms with Crippen molar-refractivity contribution in [1.29, 1.82) is 0 Å². The maximum atomic E-state index is 13.2. The Morgan fingerprint density at radius 3 is 2.31 bits per heavy atom. The van der Waals surface area contributed by atoms with E-state index in [0.717, 1.165) is 11.1 Å². The molecule has 0 spiro atoms. The van der Waals surface area contributed by atoms with Crippen LogP contribution in [0.3, 0.4) is 0 Å². The summed E-state index contributed by atoms with van der Waals surface area (Å²) < 4.78 is 5.70. The average molecular weight is 479 g/mol. The maximum absolute atomic E-state index is 13.2. The van der Waals surface area contributed by atoms with E-state index in [2.05, 4.69) is 10.6 Å². The number of esters is 1. The molecule has 0 bridgehead atoms. The maximum Gasteiger partial charge on any atom is 0.309 e. The van der Waals surface area contributed by atoms with Crippen molar-refractivity contribution < 1.29 is 24.2 Å². The van der Waals surface area contributed by atoms with Gasteiger partial charge >= 0.3 is 5.97 Å². The highest BCUT2D eigenvalue weighted by molar-refractivity contribution is 5.86. The lowest BCUT2D eigenvalue weighted by molar-refractivity contribution is -0.150. The fraction of sp³-hybridized carbons (Fsp3) is 0.393. The predicted molar refractivity (Wildman–Crippen MR) is 133 cm³/mol. The number of nitrogens with one attached hydrogen (secondary N) is 2. The van der Waals surface area contributed by atoms with E-state index in [-0.39, 0.29) is 49.4 Å². The normalized spacial score (nSPS) is 22.2. The molecule has 7 heteroatoms. The van der Waals surface area contributed by atoms with Crippen LogP contribution in [-0.4, -0.2) is 42.1 Å². The van der Waals surface area contributed by atoms with Gasteiger partial charge in [-0.05, 0) is 37.3 Å². The zero-order chi connectivity index (χ0) is 25.0. The van der Waals surface area contributed by atoms with E-state index in [1.165, 1.54) is 0 Å². The molecule has 2 amide bonds. The number of rotatable bonds is 7. The molecule has 0 unspecified atom stereocenters. The molecule has 0 aromatic heterocycles. The smallest absolute Gasteiger partial charge is 0.309 e. The van der Waals surface area contributed by atoms with Crippen molar-refractivity contribution in [2.75, 3.05) is 13.2 Å². The van der Waals surface area contributed by atoms with Gasteiger partial charge in [-0.1, -0.05) is 72.8 Å². The molecule has 1 aliphatic rings. The highest BCUT2D eigenvalue weighted by Crippen LogP contribution is 2.21. The average Bonchev–Trinajstić information content (AvgIpc) is 2.87.